The largest absolute Gasteiger partial charge is 0.395 e. The van der Waals surface area contributed by atoms with Crippen LogP contribution in [0.2, 0.25) is 0 Å². The maximum Gasteiger partial charge on any atom is 0.249 e. The van der Waals surface area contributed by atoms with E-state index in [9.17, 15) is 8.42 Å². The summed E-state index contributed by atoms with van der Waals surface area (Å²) in [5.74, 6) is 0.00717. The van der Waals surface area contributed by atoms with Crippen LogP contribution in [0.15, 0.2) is 4.90 Å². The Kier molecular flexibility index (Phi) is 5.53. The maximum atomic E-state index is 12.3. The first-order valence-electron chi connectivity index (χ1n) is 5.89. The van der Waals surface area contributed by atoms with Crippen molar-refractivity contribution in [2.45, 2.75) is 18.2 Å². The van der Waals surface area contributed by atoms with Crippen LogP contribution in [0.1, 0.15) is 13.3 Å². The molecule has 3 N–H and O–H groups in total. The van der Waals surface area contributed by atoms with Gasteiger partial charge in [-0.25, -0.2) is 12.7 Å². The third-order valence-electron chi connectivity index (χ3n) is 2.55. The fourth-order valence-electron chi connectivity index (χ4n) is 1.62. The van der Waals surface area contributed by atoms with E-state index in [4.69, 9.17) is 10.8 Å². The van der Waals surface area contributed by atoms with Crippen LogP contribution < -0.4 is 10.6 Å². The molecule has 9 heteroatoms. The van der Waals surface area contributed by atoms with E-state index < -0.39 is 10.0 Å². The van der Waals surface area contributed by atoms with Gasteiger partial charge >= 0.3 is 0 Å². The van der Waals surface area contributed by atoms with Crippen molar-refractivity contribution in [1.82, 2.24) is 8.68 Å². The lowest BCUT2D eigenvalue weighted by Gasteiger charge is -2.23. The predicted molar refractivity (Wildman–Crippen MR) is 77.0 cm³/mol. The molecule has 0 saturated heterocycles. The van der Waals surface area contributed by atoms with Crippen molar-refractivity contribution in [2.75, 3.05) is 44.4 Å². The van der Waals surface area contributed by atoms with Crippen molar-refractivity contribution in [2.24, 2.45) is 0 Å². The fraction of sp³-hybridized carbons (Fsp3) is 0.700. The fourth-order valence-corrected chi connectivity index (χ4v) is 3.89. The van der Waals surface area contributed by atoms with E-state index in [1.54, 1.807) is 4.90 Å². The number of rotatable bonds is 7. The Morgan fingerprint density at radius 1 is 1.37 bits per heavy atom. The molecule has 0 aromatic carbocycles. The minimum atomic E-state index is -3.64. The molecular formula is C10H20N4O3S2. The lowest BCUT2D eigenvalue weighted by Crippen LogP contribution is -2.30. The Bertz CT molecular complexity index is 507. The van der Waals surface area contributed by atoms with E-state index in [0.29, 0.717) is 18.1 Å². The van der Waals surface area contributed by atoms with Gasteiger partial charge in [-0.1, -0.05) is 6.92 Å². The minimum Gasteiger partial charge on any atom is -0.395 e. The molecule has 0 aliphatic heterocycles. The number of anilines is 2. The number of aliphatic hydroxyl groups excluding tert-OH is 1. The third kappa shape index (κ3) is 3.35. The van der Waals surface area contributed by atoms with Crippen molar-refractivity contribution in [1.29, 1.82) is 0 Å². The minimum absolute atomic E-state index is 0.00717. The third-order valence-corrected chi connectivity index (χ3v) is 5.48. The van der Waals surface area contributed by atoms with Crippen LogP contribution in [0.5, 0.6) is 0 Å². The van der Waals surface area contributed by atoms with Gasteiger partial charge in [-0.3, -0.25) is 0 Å². The van der Waals surface area contributed by atoms with Gasteiger partial charge in [0.15, 0.2) is 10.7 Å². The molecule has 19 heavy (non-hydrogen) atoms. The van der Waals surface area contributed by atoms with Gasteiger partial charge in [0, 0.05) is 27.2 Å². The smallest absolute Gasteiger partial charge is 0.249 e. The summed E-state index contributed by atoms with van der Waals surface area (Å²) in [5.41, 5.74) is 5.70. The van der Waals surface area contributed by atoms with Gasteiger partial charge in [0.05, 0.1) is 6.61 Å². The monoisotopic (exact) mass is 308 g/mol. The summed E-state index contributed by atoms with van der Waals surface area (Å²) in [6.07, 6.45) is 0.833. The molecule has 1 aromatic rings. The number of sulfonamides is 1. The van der Waals surface area contributed by atoms with Crippen molar-refractivity contribution < 1.29 is 13.5 Å². The van der Waals surface area contributed by atoms with Crippen LogP contribution in [0.25, 0.3) is 0 Å². The van der Waals surface area contributed by atoms with Gasteiger partial charge in [-0.2, -0.15) is 4.37 Å². The Morgan fingerprint density at radius 3 is 2.47 bits per heavy atom. The van der Waals surface area contributed by atoms with E-state index in [1.165, 1.54) is 14.1 Å². The molecule has 0 fully saturated rings. The maximum absolute atomic E-state index is 12.3. The van der Waals surface area contributed by atoms with Crippen molar-refractivity contribution >= 4 is 32.4 Å². The summed E-state index contributed by atoms with van der Waals surface area (Å²) >= 11 is 1.04. The molecule has 0 amide bonds. The summed E-state index contributed by atoms with van der Waals surface area (Å²) in [7, 11) is -0.742. The molecule has 1 aromatic heterocycles. The number of nitrogen functional groups attached to an aromatic ring is 1. The number of aliphatic hydroxyl groups is 1. The van der Waals surface area contributed by atoms with Gasteiger partial charge in [-0.15, -0.1) is 0 Å². The summed E-state index contributed by atoms with van der Waals surface area (Å²) in [4.78, 5) is 1.83. The van der Waals surface area contributed by atoms with Gasteiger partial charge in [0.1, 0.15) is 5.00 Å². The molecule has 0 aliphatic carbocycles. The molecular weight excluding hydrogens is 288 g/mol. The van der Waals surface area contributed by atoms with Crippen LogP contribution >= 0.6 is 11.5 Å². The van der Waals surface area contributed by atoms with Crippen molar-refractivity contribution in [3.8, 4) is 0 Å². The summed E-state index contributed by atoms with van der Waals surface area (Å²) < 4.78 is 29.6. The average molecular weight is 308 g/mol. The zero-order valence-electron chi connectivity index (χ0n) is 11.3. The zero-order valence-corrected chi connectivity index (χ0v) is 13.0. The lowest BCUT2D eigenvalue weighted by atomic mass is 10.4. The van der Waals surface area contributed by atoms with Gasteiger partial charge < -0.3 is 15.7 Å². The van der Waals surface area contributed by atoms with Crippen LogP contribution in [0, 0.1) is 0 Å². The Balaban J connectivity index is 3.30. The highest BCUT2D eigenvalue weighted by atomic mass is 32.2. The molecule has 0 bridgehead atoms. The zero-order chi connectivity index (χ0) is 14.6. The molecule has 0 saturated carbocycles. The molecule has 0 radical (unpaired) electrons. The van der Waals surface area contributed by atoms with E-state index in [0.717, 1.165) is 22.3 Å². The van der Waals surface area contributed by atoms with Crippen LogP contribution in [-0.2, 0) is 10.0 Å². The first kappa shape index (κ1) is 16.2. The number of nitrogens with zero attached hydrogens (tertiary/aromatic N) is 3. The SMILES string of the molecule is CCCN(CCO)c1snc(N)c1S(=O)(=O)N(C)C. The molecule has 0 atom stereocenters. The molecule has 1 heterocycles. The lowest BCUT2D eigenvalue weighted by molar-refractivity contribution is 0.302. The quantitative estimate of drug-likeness (QED) is 0.745. The standard InChI is InChI=1S/C10H20N4O3S2/c1-4-5-14(6-7-15)10-8(9(11)12-18-10)19(16,17)13(2)3/h15H,4-7H2,1-3H3,(H2,11,12). The first-order chi connectivity index (χ1) is 8.86. The van der Waals surface area contributed by atoms with E-state index >= 15 is 0 Å². The van der Waals surface area contributed by atoms with E-state index in [1.807, 2.05) is 6.92 Å². The number of nitrogens with two attached hydrogens (primary N) is 1. The Labute approximate surface area is 117 Å². The topological polar surface area (TPSA) is 99.8 Å². The Hall–Kier alpha value is -0.900. The second kappa shape index (κ2) is 6.51. The predicted octanol–water partition coefficient (Wildman–Crippen LogP) is 0.184. The van der Waals surface area contributed by atoms with E-state index in [-0.39, 0.29) is 17.3 Å². The number of hydrogen-bond acceptors (Lipinski definition) is 7. The second-order valence-corrected chi connectivity index (χ2v) is 7.04. The summed E-state index contributed by atoms with van der Waals surface area (Å²) in [6, 6.07) is 0. The van der Waals surface area contributed by atoms with Crippen LogP contribution in [-0.4, -0.2) is 56.0 Å². The van der Waals surface area contributed by atoms with Crippen LogP contribution in [0.4, 0.5) is 10.8 Å². The summed E-state index contributed by atoms with van der Waals surface area (Å²) in [6.45, 7) is 2.91. The highest BCUT2D eigenvalue weighted by Crippen LogP contribution is 2.35. The summed E-state index contributed by atoms with van der Waals surface area (Å²) in [5, 5.41) is 9.57. The molecule has 0 spiro atoms. The van der Waals surface area contributed by atoms with Gasteiger partial charge in [-0.05, 0) is 18.0 Å². The van der Waals surface area contributed by atoms with Gasteiger partial charge in [0.2, 0.25) is 10.0 Å². The molecule has 110 valence electrons. The average Bonchev–Trinajstić information content (AvgIpc) is 2.71. The van der Waals surface area contributed by atoms with E-state index in [2.05, 4.69) is 4.37 Å². The Morgan fingerprint density at radius 2 is 2.00 bits per heavy atom. The van der Waals surface area contributed by atoms with Crippen molar-refractivity contribution in [3.05, 3.63) is 0 Å². The van der Waals surface area contributed by atoms with Crippen LogP contribution in [0.3, 0.4) is 0 Å². The first-order valence-corrected chi connectivity index (χ1v) is 8.11. The van der Waals surface area contributed by atoms with Gasteiger partial charge in [0.25, 0.3) is 0 Å². The molecule has 0 unspecified atom stereocenters. The number of hydrogen-bond donors (Lipinski definition) is 2. The highest BCUT2D eigenvalue weighted by molar-refractivity contribution is 7.89. The molecule has 7 nitrogen and oxygen atoms in total. The van der Waals surface area contributed by atoms with Crippen molar-refractivity contribution in [3.63, 3.8) is 0 Å². The molecule has 0 aliphatic rings. The highest BCUT2D eigenvalue weighted by Gasteiger charge is 2.29. The number of aromatic nitrogens is 1. The normalized spacial score (nSPS) is 12.1. The second-order valence-electron chi connectivity index (χ2n) is 4.20. The molecule has 1 rings (SSSR count).